The molecule has 1 aliphatic carbocycles. The molecule has 1 unspecified atom stereocenters. The number of amides is 1. The molecule has 5 nitrogen and oxygen atoms in total. The molecule has 1 aliphatic heterocycles. The lowest BCUT2D eigenvalue weighted by Crippen LogP contribution is -2.49. The molecule has 0 spiro atoms. The zero-order chi connectivity index (χ0) is 11.9. The van der Waals surface area contributed by atoms with Gasteiger partial charge in [-0.3, -0.25) is 9.89 Å². The molecule has 1 saturated heterocycles. The predicted molar refractivity (Wildman–Crippen MR) is 63.3 cm³/mol. The van der Waals surface area contributed by atoms with Crippen molar-refractivity contribution in [1.29, 1.82) is 0 Å². The number of nitrogens with zero attached hydrogens (tertiary/aromatic N) is 2. The van der Waals surface area contributed by atoms with Crippen molar-refractivity contribution in [3.63, 3.8) is 0 Å². The number of nitrogens with two attached hydrogens (primary N) is 1. The summed E-state index contributed by atoms with van der Waals surface area (Å²) in [5.74, 6) is 0.527. The SMILES string of the molecule is NC1(C(=O)N2CCCC(c3ccn[nH]3)C2)CC1. The first-order chi connectivity index (χ1) is 8.19. The van der Waals surface area contributed by atoms with E-state index in [2.05, 4.69) is 10.2 Å². The van der Waals surface area contributed by atoms with Gasteiger partial charge in [-0.05, 0) is 31.7 Å². The quantitative estimate of drug-likeness (QED) is 0.787. The molecule has 1 saturated carbocycles. The minimum Gasteiger partial charge on any atom is -0.340 e. The Hall–Kier alpha value is -1.36. The number of piperidine rings is 1. The average Bonchev–Trinajstić information content (AvgIpc) is 2.91. The van der Waals surface area contributed by atoms with Crippen molar-refractivity contribution in [2.24, 2.45) is 5.73 Å². The molecule has 2 fully saturated rings. The van der Waals surface area contributed by atoms with Crippen LogP contribution in [0, 0.1) is 0 Å². The molecule has 92 valence electrons. The summed E-state index contributed by atoms with van der Waals surface area (Å²) in [7, 11) is 0. The number of aromatic nitrogens is 2. The van der Waals surface area contributed by atoms with E-state index in [1.165, 1.54) is 0 Å². The van der Waals surface area contributed by atoms with Gasteiger partial charge < -0.3 is 10.6 Å². The van der Waals surface area contributed by atoms with Crippen molar-refractivity contribution in [1.82, 2.24) is 15.1 Å². The maximum Gasteiger partial charge on any atom is 0.242 e. The van der Waals surface area contributed by atoms with E-state index in [1.54, 1.807) is 6.20 Å². The van der Waals surface area contributed by atoms with Gasteiger partial charge in [0.15, 0.2) is 0 Å². The molecule has 1 atom stereocenters. The molecule has 0 aromatic carbocycles. The van der Waals surface area contributed by atoms with Gasteiger partial charge in [-0.2, -0.15) is 5.10 Å². The summed E-state index contributed by atoms with van der Waals surface area (Å²) in [4.78, 5) is 14.1. The predicted octanol–water partition coefficient (Wildman–Crippen LogP) is 0.607. The first-order valence-corrected chi connectivity index (χ1v) is 6.26. The fourth-order valence-corrected chi connectivity index (χ4v) is 2.57. The van der Waals surface area contributed by atoms with E-state index in [1.807, 2.05) is 11.0 Å². The average molecular weight is 234 g/mol. The van der Waals surface area contributed by atoms with E-state index in [0.29, 0.717) is 5.92 Å². The van der Waals surface area contributed by atoms with Crippen molar-refractivity contribution in [2.75, 3.05) is 13.1 Å². The Morgan fingerprint density at radius 2 is 2.41 bits per heavy atom. The van der Waals surface area contributed by atoms with Gasteiger partial charge in [-0.15, -0.1) is 0 Å². The van der Waals surface area contributed by atoms with Crippen LogP contribution >= 0.6 is 0 Å². The number of aromatic amines is 1. The zero-order valence-corrected chi connectivity index (χ0v) is 9.85. The Morgan fingerprint density at radius 1 is 1.59 bits per heavy atom. The van der Waals surface area contributed by atoms with Crippen molar-refractivity contribution in [2.45, 2.75) is 37.1 Å². The molecule has 2 aliphatic rings. The molecular formula is C12H18N4O. The summed E-state index contributed by atoms with van der Waals surface area (Å²) >= 11 is 0. The number of nitrogens with one attached hydrogen (secondary N) is 1. The van der Waals surface area contributed by atoms with Crippen LogP contribution in [0.5, 0.6) is 0 Å². The first kappa shape index (κ1) is 10.8. The van der Waals surface area contributed by atoms with Crippen LogP contribution in [0.1, 0.15) is 37.3 Å². The molecule has 1 aromatic rings. The highest BCUT2D eigenvalue weighted by Crippen LogP contribution is 2.36. The molecule has 1 aromatic heterocycles. The number of carbonyl (C=O) groups excluding carboxylic acids is 1. The van der Waals surface area contributed by atoms with Crippen molar-refractivity contribution < 1.29 is 4.79 Å². The summed E-state index contributed by atoms with van der Waals surface area (Å²) in [5, 5.41) is 6.98. The number of carbonyl (C=O) groups is 1. The molecule has 5 heteroatoms. The van der Waals surface area contributed by atoms with Gasteiger partial charge in [0.05, 0.1) is 5.54 Å². The monoisotopic (exact) mass is 234 g/mol. The Balaban J connectivity index is 1.69. The van der Waals surface area contributed by atoms with Crippen LogP contribution in [0.25, 0.3) is 0 Å². The van der Waals surface area contributed by atoms with Gasteiger partial charge >= 0.3 is 0 Å². The van der Waals surface area contributed by atoms with E-state index < -0.39 is 5.54 Å². The van der Waals surface area contributed by atoms with Crippen molar-refractivity contribution in [3.8, 4) is 0 Å². The minimum atomic E-state index is -0.532. The van der Waals surface area contributed by atoms with Crippen LogP contribution in [0.2, 0.25) is 0 Å². The van der Waals surface area contributed by atoms with E-state index in [4.69, 9.17) is 5.73 Å². The summed E-state index contributed by atoms with van der Waals surface area (Å²) < 4.78 is 0. The van der Waals surface area contributed by atoms with Crippen LogP contribution in [0.15, 0.2) is 12.3 Å². The van der Waals surface area contributed by atoms with Gasteiger partial charge in [-0.25, -0.2) is 0 Å². The van der Waals surface area contributed by atoms with E-state index >= 15 is 0 Å². The standard InChI is InChI=1S/C12H18N4O/c13-12(4-5-12)11(17)16-7-1-2-9(8-16)10-3-6-14-15-10/h3,6,9H,1-2,4-5,7-8,13H2,(H,14,15). The molecule has 0 radical (unpaired) electrons. The zero-order valence-electron chi connectivity index (χ0n) is 9.85. The normalized spacial score (nSPS) is 26.9. The van der Waals surface area contributed by atoms with Gasteiger partial charge in [-0.1, -0.05) is 0 Å². The lowest BCUT2D eigenvalue weighted by Gasteiger charge is -2.33. The minimum absolute atomic E-state index is 0.140. The van der Waals surface area contributed by atoms with Gasteiger partial charge in [0, 0.05) is 30.9 Å². The fraction of sp³-hybridized carbons (Fsp3) is 0.667. The van der Waals surface area contributed by atoms with Crippen molar-refractivity contribution >= 4 is 5.91 Å². The number of hydrogen-bond acceptors (Lipinski definition) is 3. The fourth-order valence-electron chi connectivity index (χ4n) is 2.57. The summed E-state index contributed by atoms with van der Waals surface area (Å²) in [6.45, 7) is 1.63. The molecular weight excluding hydrogens is 216 g/mol. The number of rotatable bonds is 2. The second-order valence-electron chi connectivity index (χ2n) is 5.26. The topological polar surface area (TPSA) is 75.0 Å². The Morgan fingerprint density at radius 3 is 3.06 bits per heavy atom. The third kappa shape index (κ3) is 1.95. The summed E-state index contributed by atoms with van der Waals surface area (Å²) in [6.07, 6.45) is 5.62. The van der Waals surface area contributed by atoms with Gasteiger partial charge in [0.25, 0.3) is 0 Å². The van der Waals surface area contributed by atoms with Crippen LogP contribution in [-0.2, 0) is 4.79 Å². The van der Waals surface area contributed by atoms with E-state index in [-0.39, 0.29) is 5.91 Å². The van der Waals surface area contributed by atoms with E-state index in [0.717, 1.165) is 44.5 Å². The van der Waals surface area contributed by atoms with Gasteiger partial charge in [0.2, 0.25) is 5.91 Å². The number of H-pyrrole nitrogens is 1. The molecule has 3 N–H and O–H groups in total. The van der Waals surface area contributed by atoms with E-state index in [9.17, 15) is 4.79 Å². The highest BCUT2D eigenvalue weighted by molar-refractivity contribution is 5.89. The highest BCUT2D eigenvalue weighted by Gasteiger charge is 2.48. The third-order valence-electron chi connectivity index (χ3n) is 3.89. The second-order valence-corrected chi connectivity index (χ2v) is 5.26. The molecule has 0 bridgehead atoms. The number of hydrogen-bond donors (Lipinski definition) is 2. The smallest absolute Gasteiger partial charge is 0.242 e. The molecule has 17 heavy (non-hydrogen) atoms. The second kappa shape index (κ2) is 3.84. The Bertz CT molecular complexity index is 410. The number of likely N-dealkylation sites (tertiary alicyclic amines) is 1. The van der Waals surface area contributed by atoms with Crippen LogP contribution in [0.3, 0.4) is 0 Å². The van der Waals surface area contributed by atoms with Gasteiger partial charge in [0.1, 0.15) is 0 Å². The maximum absolute atomic E-state index is 12.2. The molecule has 1 amide bonds. The Labute approximate surface area is 100 Å². The lowest BCUT2D eigenvalue weighted by molar-refractivity contribution is -0.134. The van der Waals surface area contributed by atoms with Crippen molar-refractivity contribution in [3.05, 3.63) is 18.0 Å². The molecule has 3 rings (SSSR count). The third-order valence-corrected chi connectivity index (χ3v) is 3.89. The first-order valence-electron chi connectivity index (χ1n) is 6.26. The summed E-state index contributed by atoms with van der Waals surface area (Å²) in [5.41, 5.74) is 6.57. The van der Waals surface area contributed by atoms with Crippen LogP contribution in [0.4, 0.5) is 0 Å². The Kier molecular flexibility index (Phi) is 2.43. The summed E-state index contributed by atoms with van der Waals surface area (Å²) in [6, 6.07) is 1.99. The highest BCUT2D eigenvalue weighted by atomic mass is 16.2. The van der Waals surface area contributed by atoms with Crippen LogP contribution < -0.4 is 5.73 Å². The maximum atomic E-state index is 12.2. The molecule has 2 heterocycles. The lowest BCUT2D eigenvalue weighted by atomic mass is 9.94. The van der Waals surface area contributed by atoms with Crippen LogP contribution in [-0.4, -0.2) is 39.6 Å². The largest absolute Gasteiger partial charge is 0.340 e.